The van der Waals surface area contributed by atoms with Crippen LogP contribution in [-0.2, 0) is 4.74 Å². The van der Waals surface area contributed by atoms with E-state index >= 15 is 0 Å². The minimum absolute atomic E-state index is 0.232. The van der Waals surface area contributed by atoms with Gasteiger partial charge < -0.3 is 4.74 Å². The maximum Gasteiger partial charge on any atom is 0.338 e. The van der Waals surface area contributed by atoms with Gasteiger partial charge in [-0.05, 0) is 24.6 Å². The van der Waals surface area contributed by atoms with Crippen molar-refractivity contribution in [2.45, 2.75) is 84.0 Å². The first-order valence-corrected chi connectivity index (χ1v) is 9.48. The second kappa shape index (κ2) is 14.3. The lowest BCUT2D eigenvalue weighted by molar-refractivity contribution is 0.0497. The van der Waals surface area contributed by atoms with Gasteiger partial charge in [0.1, 0.15) is 0 Å². The highest BCUT2D eigenvalue weighted by atomic mass is 16.5. The second-order valence-electron chi connectivity index (χ2n) is 6.32. The van der Waals surface area contributed by atoms with E-state index < -0.39 is 0 Å². The number of rotatable bonds is 14. The molecule has 129 valence electrons. The van der Waals surface area contributed by atoms with Gasteiger partial charge >= 0.3 is 5.97 Å². The van der Waals surface area contributed by atoms with Crippen molar-refractivity contribution in [3.63, 3.8) is 0 Å². The molecule has 0 aliphatic carbocycles. The summed E-state index contributed by atoms with van der Waals surface area (Å²) in [6.45, 7) is 2.80. The van der Waals surface area contributed by atoms with E-state index in [0.29, 0.717) is 12.2 Å². The molecule has 1 rings (SSSR count). The van der Waals surface area contributed by atoms with Gasteiger partial charge in [0, 0.05) is 0 Å². The molecule has 1 aromatic carbocycles. The molecule has 0 amide bonds. The highest BCUT2D eigenvalue weighted by Crippen LogP contribution is 2.12. The van der Waals surface area contributed by atoms with E-state index in [1.54, 1.807) is 24.3 Å². The first-order valence-electron chi connectivity index (χ1n) is 9.48. The van der Waals surface area contributed by atoms with Crippen LogP contribution in [0, 0.1) is 6.07 Å². The number of carbonyl (C=O) groups is 1. The van der Waals surface area contributed by atoms with Gasteiger partial charge in [-0.1, -0.05) is 89.7 Å². The topological polar surface area (TPSA) is 26.3 Å². The summed E-state index contributed by atoms with van der Waals surface area (Å²) in [5.41, 5.74) is 0.589. The molecule has 0 aliphatic heterocycles. The van der Waals surface area contributed by atoms with Crippen LogP contribution in [0.5, 0.6) is 0 Å². The SMILES string of the molecule is CCCCCCCCCCCCCCOC(=O)c1c[c]ccc1. The first kappa shape index (κ1) is 19.7. The van der Waals surface area contributed by atoms with E-state index in [1.165, 1.54) is 64.2 Å². The standard InChI is InChI=1S/C21H33O2/c1-2-3-4-5-6-7-8-9-10-11-12-16-19-23-21(22)20-17-14-13-15-18-20/h13-14,17-18H,2-12,16,19H2,1H3. The maximum absolute atomic E-state index is 11.7. The van der Waals surface area contributed by atoms with Crippen LogP contribution in [0.15, 0.2) is 24.3 Å². The Kier molecular flexibility index (Phi) is 12.3. The van der Waals surface area contributed by atoms with Crippen LogP contribution in [0.1, 0.15) is 94.3 Å². The normalized spacial score (nSPS) is 10.7. The van der Waals surface area contributed by atoms with Gasteiger partial charge in [0.25, 0.3) is 0 Å². The number of carbonyl (C=O) groups excluding carboxylic acids is 1. The van der Waals surface area contributed by atoms with Crippen molar-refractivity contribution in [1.29, 1.82) is 0 Å². The van der Waals surface area contributed by atoms with Crippen molar-refractivity contribution >= 4 is 5.97 Å². The fourth-order valence-corrected chi connectivity index (χ4v) is 2.71. The summed E-state index contributed by atoms with van der Waals surface area (Å²) in [5.74, 6) is -0.232. The Morgan fingerprint density at radius 2 is 1.48 bits per heavy atom. The quantitative estimate of drug-likeness (QED) is 0.295. The predicted octanol–water partition coefficient (Wildman–Crippen LogP) is 6.34. The van der Waals surface area contributed by atoms with Crippen LogP contribution in [0.2, 0.25) is 0 Å². The summed E-state index contributed by atoms with van der Waals surface area (Å²) in [5, 5.41) is 0. The molecule has 0 aromatic heterocycles. The second-order valence-corrected chi connectivity index (χ2v) is 6.32. The molecule has 0 unspecified atom stereocenters. The van der Waals surface area contributed by atoms with Crippen LogP contribution < -0.4 is 0 Å². The number of benzene rings is 1. The van der Waals surface area contributed by atoms with Crippen LogP contribution in [-0.4, -0.2) is 12.6 Å². The molecule has 0 N–H and O–H groups in total. The molecule has 0 bridgehead atoms. The molecule has 0 heterocycles. The molecule has 0 fully saturated rings. The van der Waals surface area contributed by atoms with Gasteiger partial charge in [0.05, 0.1) is 12.2 Å². The summed E-state index contributed by atoms with van der Waals surface area (Å²) >= 11 is 0. The van der Waals surface area contributed by atoms with E-state index in [9.17, 15) is 4.79 Å². The molecule has 0 saturated carbocycles. The largest absolute Gasteiger partial charge is 0.462 e. The van der Waals surface area contributed by atoms with Crippen LogP contribution >= 0.6 is 0 Å². The smallest absolute Gasteiger partial charge is 0.338 e. The summed E-state index contributed by atoms with van der Waals surface area (Å²) in [7, 11) is 0. The maximum atomic E-state index is 11.7. The fraction of sp³-hybridized carbons (Fsp3) is 0.667. The van der Waals surface area contributed by atoms with Crippen LogP contribution in [0.4, 0.5) is 0 Å². The number of ether oxygens (including phenoxy) is 1. The average molecular weight is 317 g/mol. The lowest BCUT2D eigenvalue weighted by Crippen LogP contribution is -2.06. The Labute approximate surface area is 142 Å². The summed E-state index contributed by atoms with van der Waals surface area (Å²) in [6, 6.07) is 9.91. The minimum Gasteiger partial charge on any atom is -0.462 e. The number of esters is 1. The lowest BCUT2D eigenvalue weighted by atomic mass is 10.1. The van der Waals surface area contributed by atoms with Gasteiger partial charge in [-0.15, -0.1) is 0 Å². The Morgan fingerprint density at radius 1 is 0.913 bits per heavy atom. The average Bonchev–Trinajstić information content (AvgIpc) is 2.59. The van der Waals surface area contributed by atoms with Crippen molar-refractivity contribution in [3.05, 3.63) is 35.9 Å². The molecule has 0 saturated heterocycles. The van der Waals surface area contributed by atoms with Crippen molar-refractivity contribution in [2.24, 2.45) is 0 Å². The fourth-order valence-electron chi connectivity index (χ4n) is 2.71. The van der Waals surface area contributed by atoms with Crippen molar-refractivity contribution in [1.82, 2.24) is 0 Å². The van der Waals surface area contributed by atoms with E-state index in [0.717, 1.165) is 12.8 Å². The van der Waals surface area contributed by atoms with E-state index in [4.69, 9.17) is 4.74 Å². The summed E-state index contributed by atoms with van der Waals surface area (Å²) < 4.78 is 5.26. The third-order valence-corrected chi connectivity index (χ3v) is 4.17. The Morgan fingerprint density at radius 3 is 2.00 bits per heavy atom. The number of hydrogen-bond donors (Lipinski definition) is 0. The van der Waals surface area contributed by atoms with Gasteiger partial charge in [0.2, 0.25) is 0 Å². The predicted molar refractivity (Wildman–Crippen MR) is 96.6 cm³/mol. The minimum atomic E-state index is -0.232. The zero-order valence-corrected chi connectivity index (χ0v) is 14.8. The van der Waals surface area contributed by atoms with E-state index in [1.807, 2.05) is 0 Å². The lowest BCUT2D eigenvalue weighted by Gasteiger charge is -2.05. The first-order chi connectivity index (χ1) is 11.3. The van der Waals surface area contributed by atoms with Gasteiger partial charge in [-0.3, -0.25) is 0 Å². The van der Waals surface area contributed by atoms with Crippen molar-refractivity contribution < 1.29 is 9.53 Å². The van der Waals surface area contributed by atoms with Gasteiger partial charge in [0.15, 0.2) is 0 Å². The van der Waals surface area contributed by atoms with E-state index in [2.05, 4.69) is 13.0 Å². The summed E-state index contributed by atoms with van der Waals surface area (Å²) in [6.07, 6.45) is 15.8. The highest BCUT2D eigenvalue weighted by Gasteiger charge is 2.04. The van der Waals surface area contributed by atoms with Gasteiger partial charge in [-0.2, -0.15) is 0 Å². The number of unbranched alkanes of at least 4 members (excludes halogenated alkanes) is 11. The molecule has 1 aromatic rings. The molecule has 23 heavy (non-hydrogen) atoms. The highest BCUT2D eigenvalue weighted by molar-refractivity contribution is 5.89. The molecule has 0 spiro atoms. The molecular weight excluding hydrogens is 284 g/mol. The monoisotopic (exact) mass is 317 g/mol. The zero-order chi connectivity index (χ0) is 16.6. The Bertz CT molecular complexity index is 386. The van der Waals surface area contributed by atoms with Crippen molar-refractivity contribution in [3.8, 4) is 0 Å². The van der Waals surface area contributed by atoms with Crippen molar-refractivity contribution in [2.75, 3.05) is 6.61 Å². The molecule has 0 aliphatic rings. The Hall–Kier alpha value is -1.31. The third kappa shape index (κ3) is 11.0. The van der Waals surface area contributed by atoms with Gasteiger partial charge in [-0.25, -0.2) is 4.79 Å². The molecule has 2 heteroatoms. The molecule has 1 radical (unpaired) electrons. The summed E-state index contributed by atoms with van der Waals surface area (Å²) in [4.78, 5) is 11.7. The number of hydrogen-bond acceptors (Lipinski definition) is 2. The van der Waals surface area contributed by atoms with E-state index in [-0.39, 0.29) is 5.97 Å². The van der Waals surface area contributed by atoms with Crippen LogP contribution in [0.25, 0.3) is 0 Å². The molecule has 2 nitrogen and oxygen atoms in total. The Balaban J connectivity index is 1.82. The molecular formula is C21H33O2. The zero-order valence-electron chi connectivity index (χ0n) is 14.8. The van der Waals surface area contributed by atoms with Crippen LogP contribution in [0.3, 0.4) is 0 Å². The molecule has 0 atom stereocenters. The third-order valence-electron chi connectivity index (χ3n) is 4.17.